The summed E-state index contributed by atoms with van der Waals surface area (Å²) in [5, 5.41) is 13.2. The number of esters is 2. The minimum Gasteiger partial charge on any atom is -0.462 e. The van der Waals surface area contributed by atoms with Crippen LogP contribution in [0.1, 0.15) is 73.4 Å². The van der Waals surface area contributed by atoms with Crippen LogP contribution in [0.3, 0.4) is 0 Å². The number of anilines is 10. The van der Waals surface area contributed by atoms with Crippen LogP contribution in [0.15, 0.2) is 97.1 Å². The Kier molecular flexibility index (Phi) is 14.9. The highest BCUT2D eigenvalue weighted by molar-refractivity contribution is 5.90. The first-order valence-corrected chi connectivity index (χ1v) is 20.5. The van der Waals surface area contributed by atoms with Crippen molar-refractivity contribution in [2.45, 2.75) is 48.0 Å². The van der Waals surface area contributed by atoms with Crippen LogP contribution in [0, 0.1) is 0 Å². The van der Waals surface area contributed by atoms with Gasteiger partial charge in [-0.15, -0.1) is 0 Å². The Morgan fingerprint density at radius 1 is 0.426 bits per heavy atom. The van der Waals surface area contributed by atoms with Crippen LogP contribution in [-0.4, -0.2) is 81.2 Å². The van der Waals surface area contributed by atoms with Crippen molar-refractivity contribution >= 4 is 70.4 Å². The largest absolute Gasteiger partial charge is 0.462 e. The second kappa shape index (κ2) is 21.1. The molecule has 16 heteroatoms. The van der Waals surface area contributed by atoms with Crippen LogP contribution >= 0.6 is 0 Å². The zero-order chi connectivity index (χ0) is 43.1. The number of hydrogen-bond acceptors (Lipinski definition) is 16. The molecule has 0 amide bonds. The first-order chi connectivity index (χ1) is 29.7. The molecule has 6 rings (SSSR count). The van der Waals surface area contributed by atoms with Gasteiger partial charge in [0.2, 0.25) is 35.7 Å². The highest BCUT2D eigenvalue weighted by atomic mass is 16.5. The van der Waals surface area contributed by atoms with E-state index in [0.717, 1.165) is 66.5 Å². The predicted octanol–water partition coefficient (Wildman–Crippen LogP) is 8.67. The standard InChI is InChI=1S/C45H52N12O4/c1-7-56(8-2)44-52-40(50-42(54-44)48-36-25-17-32(18-26-36)38(58)60-11-5)46-34-21-13-30(14-22-34)29-31-15-23-35(24-16-31)47-41-51-43(55-45(53-41)57(9-3)10-4)49-37-27-19-33(20-28-37)39(59)61-12-6/h13-28H,7-12,29H2,1-6H3,(H2,46,48,50,52,54)(H2,47,49,51,53,55). The molecule has 0 saturated carbocycles. The van der Waals surface area contributed by atoms with Crippen LogP contribution in [0.25, 0.3) is 0 Å². The van der Waals surface area contributed by atoms with Gasteiger partial charge >= 0.3 is 11.9 Å². The summed E-state index contributed by atoms with van der Waals surface area (Å²) in [6.45, 7) is 15.3. The summed E-state index contributed by atoms with van der Waals surface area (Å²) in [6.07, 6.45) is 0.725. The van der Waals surface area contributed by atoms with Crippen molar-refractivity contribution in [2.24, 2.45) is 0 Å². The molecule has 0 aliphatic carbocycles. The fourth-order valence-electron chi connectivity index (χ4n) is 6.22. The molecular weight excluding hydrogens is 773 g/mol. The average molecular weight is 825 g/mol. The van der Waals surface area contributed by atoms with E-state index in [9.17, 15) is 9.59 Å². The maximum atomic E-state index is 12.1. The van der Waals surface area contributed by atoms with Crippen molar-refractivity contribution in [1.82, 2.24) is 29.9 Å². The molecule has 4 N–H and O–H groups in total. The van der Waals surface area contributed by atoms with Gasteiger partial charge in [-0.05, 0) is 132 Å². The van der Waals surface area contributed by atoms with Crippen LogP contribution < -0.4 is 31.1 Å². The van der Waals surface area contributed by atoms with E-state index in [-0.39, 0.29) is 11.9 Å². The van der Waals surface area contributed by atoms with Gasteiger partial charge in [0.1, 0.15) is 0 Å². The highest BCUT2D eigenvalue weighted by Crippen LogP contribution is 2.24. The number of hydrogen-bond donors (Lipinski definition) is 4. The second-order valence-corrected chi connectivity index (χ2v) is 13.6. The van der Waals surface area contributed by atoms with Crippen molar-refractivity contribution in [3.05, 3.63) is 119 Å². The Labute approximate surface area is 356 Å². The number of benzene rings is 4. The van der Waals surface area contributed by atoms with Crippen LogP contribution in [-0.2, 0) is 15.9 Å². The van der Waals surface area contributed by atoms with Crippen molar-refractivity contribution in [2.75, 3.05) is 70.5 Å². The summed E-state index contributed by atoms with van der Waals surface area (Å²) in [4.78, 5) is 56.4. The Morgan fingerprint density at radius 3 is 0.967 bits per heavy atom. The molecule has 0 atom stereocenters. The van der Waals surface area contributed by atoms with E-state index in [1.54, 1.807) is 62.4 Å². The Balaban J connectivity index is 1.11. The molecule has 6 aromatic rings. The number of carbonyl (C=O) groups is 2. The summed E-state index contributed by atoms with van der Waals surface area (Å²) in [6, 6.07) is 30.2. The summed E-state index contributed by atoms with van der Waals surface area (Å²) >= 11 is 0. The van der Waals surface area contributed by atoms with Crippen molar-refractivity contribution in [3.8, 4) is 0 Å². The van der Waals surface area contributed by atoms with E-state index >= 15 is 0 Å². The molecule has 316 valence electrons. The topological polar surface area (TPSA) is 185 Å². The van der Waals surface area contributed by atoms with Crippen LogP contribution in [0.2, 0.25) is 0 Å². The van der Waals surface area contributed by atoms with Gasteiger partial charge in [-0.1, -0.05) is 24.3 Å². The first-order valence-electron chi connectivity index (χ1n) is 20.5. The number of aromatic nitrogens is 6. The number of nitrogens with zero attached hydrogens (tertiary/aromatic N) is 8. The number of rotatable bonds is 20. The predicted molar refractivity (Wildman–Crippen MR) is 240 cm³/mol. The molecule has 4 aromatic carbocycles. The Hall–Kier alpha value is -7.36. The van der Waals surface area contributed by atoms with Crippen molar-refractivity contribution in [1.29, 1.82) is 0 Å². The summed E-state index contributed by atoms with van der Waals surface area (Å²) in [5.74, 6) is 1.87. The third kappa shape index (κ3) is 11.9. The van der Waals surface area contributed by atoms with E-state index in [2.05, 4.69) is 93.2 Å². The minimum absolute atomic E-state index is 0.313. The van der Waals surface area contributed by atoms with Gasteiger partial charge in [-0.25, -0.2) is 9.59 Å². The molecule has 0 aliphatic heterocycles. The zero-order valence-corrected chi connectivity index (χ0v) is 35.4. The minimum atomic E-state index is -0.369. The summed E-state index contributed by atoms with van der Waals surface area (Å²) in [5.41, 5.74) is 6.29. The Morgan fingerprint density at radius 2 is 0.705 bits per heavy atom. The van der Waals surface area contributed by atoms with Crippen molar-refractivity contribution < 1.29 is 19.1 Å². The third-order valence-corrected chi connectivity index (χ3v) is 9.47. The normalized spacial score (nSPS) is 10.7. The molecular formula is C45H52N12O4. The molecule has 0 radical (unpaired) electrons. The average Bonchev–Trinajstić information content (AvgIpc) is 3.26. The van der Waals surface area contributed by atoms with E-state index in [1.807, 2.05) is 34.1 Å². The lowest BCUT2D eigenvalue weighted by Gasteiger charge is -2.20. The first kappa shape index (κ1) is 43.2. The van der Waals surface area contributed by atoms with Crippen LogP contribution in [0.5, 0.6) is 0 Å². The van der Waals surface area contributed by atoms with E-state index in [0.29, 0.717) is 60.0 Å². The number of carbonyl (C=O) groups excluding carboxylic acids is 2. The Bertz CT molecular complexity index is 2190. The lowest BCUT2D eigenvalue weighted by molar-refractivity contribution is 0.0517. The van der Waals surface area contributed by atoms with Gasteiger partial charge in [0.15, 0.2) is 0 Å². The maximum Gasteiger partial charge on any atom is 0.338 e. The van der Waals surface area contributed by atoms with Gasteiger partial charge in [0.25, 0.3) is 0 Å². The third-order valence-electron chi connectivity index (χ3n) is 9.47. The molecule has 2 aromatic heterocycles. The molecule has 0 saturated heterocycles. The fraction of sp³-hybridized carbons (Fsp3) is 0.289. The lowest BCUT2D eigenvalue weighted by Crippen LogP contribution is -2.25. The van der Waals surface area contributed by atoms with Gasteiger partial charge in [-0.2, -0.15) is 29.9 Å². The molecule has 0 bridgehead atoms. The van der Waals surface area contributed by atoms with Gasteiger partial charge in [-0.3, -0.25) is 0 Å². The molecule has 0 aliphatic rings. The fourth-order valence-corrected chi connectivity index (χ4v) is 6.22. The number of nitrogens with one attached hydrogen (secondary N) is 4. The monoisotopic (exact) mass is 824 g/mol. The SMILES string of the molecule is CCOC(=O)c1ccc(Nc2nc(Nc3ccc(Cc4ccc(Nc5nc(Nc6ccc(C(=O)OCC)cc6)nc(N(CC)CC)n5)cc4)cc3)nc(N(CC)CC)n2)cc1. The molecule has 0 unspecified atom stereocenters. The van der Waals surface area contributed by atoms with E-state index < -0.39 is 0 Å². The van der Waals surface area contributed by atoms with E-state index in [4.69, 9.17) is 19.4 Å². The highest BCUT2D eigenvalue weighted by Gasteiger charge is 2.15. The quantitative estimate of drug-likeness (QED) is 0.0536. The lowest BCUT2D eigenvalue weighted by atomic mass is 10.0. The molecule has 16 nitrogen and oxygen atoms in total. The van der Waals surface area contributed by atoms with Crippen molar-refractivity contribution in [3.63, 3.8) is 0 Å². The molecule has 61 heavy (non-hydrogen) atoms. The smallest absolute Gasteiger partial charge is 0.338 e. The number of ether oxygens (including phenoxy) is 2. The second-order valence-electron chi connectivity index (χ2n) is 13.6. The van der Waals surface area contributed by atoms with E-state index in [1.165, 1.54) is 0 Å². The van der Waals surface area contributed by atoms with Crippen LogP contribution in [0.4, 0.5) is 58.4 Å². The molecule has 0 fully saturated rings. The summed E-state index contributed by atoms with van der Waals surface area (Å²) in [7, 11) is 0. The molecule has 0 spiro atoms. The maximum absolute atomic E-state index is 12.1. The van der Waals surface area contributed by atoms with Gasteiger partial charge in [0.05, 0.1) is 24.3 Å². The van der Waals surface area contributed by atoms with Gasteiger partial charge in [0, 0.05) is 48.9 Å². The molecule has 2 heterocycles. The van der Waals surface area contributed by atoms with Gasteiger partial charge < -0.3 is 40.5 Å². The summed E-state index contributed by atoms with van der Waals surface area (Å²) < 4.78 is 10.2. The zero-order valence-electron chi connectivity index (χ0n) is 35.4.